The summed E-state index contributed by atoms with van der Waals surface area (Å²) in [6, 6.07) is 16.0. The molecule has 0 spiro atoms. The van der Waals surface area contributed by atoms with Gasteiger partial charge in [-0.15, -0.1) is 0 Å². The number of benzene rings is 2. The zero-order valence-electron chi connectivity index (χ0n) is 11.9. The van der Waals surface area contributed by atoms with E-state index in [4.69, 9.17) is 0 Å². The fourth-order valence-electron chi connectivity index (χ4n) is 1.76. The zero-order valence-corrected chi connectivity index (χ0v) is 13.5. The van der Waals surface area contributed by atoms with Crippen LogP contribution in [0, 0.1) is 0 Å². The van der Waals surface area contributed by atoms with Gasteiger partial charge in [0.15, 0.2) is 0 Å². The number of carbonyl (C=O) groups excluding carboxylic acids is 2. The molecule has 0 atom stereocenters. The minimum absolute atomic E-state index is 0.269. The second-order valence-electron chi connectivity index (χ2n) is 4.43. The molecule has 1 amide bonds. The fourth-order valence-corrected chi connectivity index (χ4v) is 2.12. The first-order valence-corrected chi connectivity index (χ1v) is 7.31. The molecular weight excluding hydrogens is 346 g/mol. The quantitative estimate of drug-likeness (QED) is 0.666. The molecule has 0 aliphatic carbocycles. The van der Waals surface area contributed by atoms with Crippen molar-refractivity contribution < 1.29 is 14.3 Å². The summed E-state index contributed by atoms with van der Waals surface area (Å²) in [6.45, 7) is 0. The van der Waals surface area contributed by atoms with Gasteiger partial charge in [0.2, 0.25) is 0 Å². The molecule has 0 aromatic heterocycles. The molecule has 0 bridgehead atoms. The Morgan fingerprint density at radius 3 is 2.27 bits per heavy atom. The molecule has 4 nitrogen and oxygen atoms in total. The molecule has 112 valence electrons. The summed E-state index contributed by atoms with van der Waals surface area (Å²) in [6.07, 6.45) is 1.73. The summed E-state index contributed by atoms with van der Waals surface area (Å²) in [5.41, 5.74) is 1.95. The SMILES string of the molecule is COC(=O)c1ccc(NC(=O)/C(Br)=C\c2ccccc2)cc1. The van der Waals surface area contributed by atoms with Gasteiger partial charge >= 0.3 is 5.97 Å². The van der Waals surface area contributed by atoms with Crippen LogP contribution in [0.3, 0.4) is 0 Å². The van der Waals surface area contributed by atoms with Gasteiger partial charge in [0, 0.05) is 5.69 Å². The fraction of sp³-hybridized carbons (Fsp3) is 0.0588. The summed E-state index contributed by atoms with van der Waals surface area (Å²) < 4.78 is 5.03. The first-order chi connectivity index (χ1) is 10.6. The minimum Gasteiger partial charge on any atom is -0.465 e. The Kier molecular flexibility index (Phi) is 5.49. The number of anilines is 1. The Morgan fingerprint density at radius 2 is 1.68 bits per heavy atom. The highest BCUT2D eigenvalue weighted by Crippen LogP contribution is 2.16. The van der Waals surface area contributed by atoms with Gasteiger partial charge in [-0.1, -0.05) is 30.3 Å². The lowest BCUT2D eigenvalue weighted by atomic mass is 10.2. The van der Waals surface area contributed by atoms with Crippen molar-refractivity contribution in [1.82, 2.24) is 0 Å². The van der Waals surface area contributed by atoms with Crippen molar-refractivity contribution >= 4 is 39.6 Å². The summed E-state index contributed by atoms with van der Waals surface area (Å²) in [7, 11) is 1.32. The highest BCUT2D eigenvalue weighted by atomic mass is 79.9. The van der Waals surface area contributed by atoms with E-state index < -0.39 is 5.97 Å². The third kappa shape index (κ3) is 4.30. The average Bonchev–Trinajstić information content (AvgIpc) is 2.55. The summed E-state index contributed by atoms with van der Waals surface area (Å²) in [5, 5.41) is 2.74. The molecule has 2 aromatic rings. The van der Waals surface area contributed by atoms with Gasteiger partial charge in [0.25, 0.3) is 5.91 Å². The molecule has 0 saturated carbocycles. The number of esters is 1. The lowest BCUT2D eigenvalue weighted by molar-refractivity contribution is -0.112. The van der Waals surface area contributed by atoms with Crippen molar-refractivity contribution in [3.05, 3.63) is 70.2 Å². The van der Waals surface area contributed by atoms with Gasteiger partial charge in [0.05, 0.1) is 17.2 Å². The Labute approximate surface area is 136 Å². The number of hydrogen-bond donors (Lipinski definition) is 1. The van der Waals surface area contributed by atoms with E-state index in [0.29, 0.717) is 15.7 Å². The summed E-state index contributed by atoms with van der Waals surface area (Å²) in [4.78, 5) is 23.4. The Morgan fingerprint density at radius 1 is 1.05 bits per heavy atom. The Bertz CT molecular complexity index is 694. The minimum atomic E-state index is -0.414. The number of hydrogen-bond acceptors (Lipinski definition) is 3. The van der Waals surface area contributed by atoms with E-state index in [1.54, 1.807) is 30.3 Å². The van der Waals surface area contributed by atoms with Gasteiger partial charge in [-0.25, -0.2) is 4.79 Å². The maximum Gasteiger partial charge on any atom is 0.337 e. The first-order valence-electron chi connectivity index (χ1n) is 6.52. The maximum absolute atomic E-state index is 12.1. The highest BCUT2D eigenvalue weighted by molar-refractivity contribution is 9.12. The maximum atomic E-state index is 12.1. The van der Waals surface area contributed by atoms with Crippen LogP contribution in [0.5, 0.6) is 0 Å². The smallest absolute Gasteiger partial charge is 0.337 e. The predicted molar refractivity (Wildman–Crippen MR) is 89.8 cm³/mol. The number of carbonyl (C=O) groups is 2. The van der Waals surface area contributed by atoms with Crippen LogP contribution in [-0.4, -0.2) is 19.0 Å². The molecule has 0 aliphatic heterocycles. The number of nitrogens with one attached hydrogen (secondary N) is 1. The topological polar surface area (TPSA) is 55.4 Å². The normalized spacial score (nSPS) is 10.9. The van der Waals surface area contributed by atoms with Crippen molar-refractivity contribution in [3.63, 3.8) is 0 Å². The van der Waals surface area contributed by atoms with Crippen LogP contribution >= 0.6 is 15.9 Å². The average molecular weight is 360 g/mol. The van der Waals surface area contributed by atoms with Gasteiger partial charge in [0.1, 0.15) is 0 Å². The van der Waals surface area contributed by atoms with E-state index in [2.05, 4.69) is 26.0 Å². The lowest BCUT2D eigenvalue weighted by Gasteiger charge is -2.05. The lowest BCUT2D eigenvalue weighted by Crippen LogP contribution is -2.11. The zero-order chi connectivity index (χ0) is 15.9. The molecule has 2 aromatic carbocycles. The van der Waals surface area contributed by atoms with Gasteiger partial charge in [-0.3, -0.25) is 4.79 Å². The second kappa shape index (κ2) is 7.56. The van der Waals surface area contributed by atoms with Crippen LogP contribution in [0.4, 0.5) is 5.69 Å². The van der Waals surface area contributed by atoms with Crippen LogP contribution in [0.15, 0.2) is 59.1 Å². The van der Waals surface area contributed by atoms with E-state index in [1.165, 1.54) is 7.11 Å². The molecule has 22 heavy (non-hydrogen) atoms. The summed E-state index contributed by atoms with van der Waals surface area (Å²) >= 11 is 3.26. The molecule has 5 heteroatoms. The number of amides is 1. The molecule has 0 unspecified atom stereocenters. The third-order valence-electron chi connectivity index (χ3n) is 2.87. The van der Waals surface area contributed by atoms with Gasteiger partial charge in [-0.2, -0.15) is 0 Å². The number of rotatable bonds is 4. The standard InChI is InChI=1S/C17H14BrNO3/c1-22-17(21)13-7-9-14(10-8-13)19-16(20)15(18)11-12-5-3-2-4-6-12/h2-11H,1H3,(H,19,20)/b15-11+. The number of ether oxygens (including phenoxy) is 1. The van der Waals surface area contributed by atoms with Crippen LogP contribution < -0.4 is 5.32 Å². The molecule has 2 rings (SSSR count). The van der Waals surface area contributed by atoms with Crippen molar-refractivity contribution in [3.8, 4) is 0 Å². The van der Waals surface area contributed by atoms with Gasteiger partial charge < -0.3 is 10.1 Å². The largest absolute Gasteiger partial charge is 0.465 e. The van der Waals surface area contributed by atoms with E-state index in [9.17, 15) is 9.59 Å². The highest BCUT2D eigenvalue weighted by Gasteiger charge is 2.08. The van der Waals surface area contributed by atoms with Crippen molar-refractivity contribution in [2.24, 2.45) is 0 Å². The van der Waals surface area contributed by atoms with Crippen molar-refractivity contribution in [2.75, 3.05) is 12.4 Å². The molecule has 0 radical (unpaired) electrons. The first kappa shape index (κ1) is 16.0. The monoisotopic (exact) mass is 359 g/mol. The number of methoxy groups -OCH3 is 1. The van der Waals surface area contributed by atoms with E-state index in [0.717, 1.165) is 5.56 Å². The van der Waals surface area contributed by atoms with Crippen molar-refractivity contribution in [1.29, 1.82) is 0 Å². The van der Waals surface area contributed by atoms with Crippen LogP contribution in [0.2, 0.25) is 0 Å². The van der Waals surface area contributed by atoms with Crippen LogP contribution in [0.25, 0.3) is 6.08 Å². The van der Waals surface area contributed by atoms with Gasteiger partial charge in [-0.05, 0) is 51.8 Å². The molecule has 0 saturated heterocycles. The summed E-state index contributed by atoms with van der Waals surface area (Å²) in [5.74, 6) is -0.683. The number of halogens is 1. The van der Waals surface area contributed by atoms with Crippen LogP contribution in [-0.2, 0) is 9.53 Å². The van der Waals surface area contributed by atoms with E-state index >= 15 is 0 Å². The predicted octanol–water partition coefficient (Wildman–Crippen LogP) is 3.85. The van der Waals surface area contributed by atoms with E-state index in [1.807, 2.05) is 30.3 Å². The molecule has 1 N–H and O–H groups in total. The van der Waals surface area contributed by atoms with E-state index in [-0.39, 0.29) is 5.91 Å². The molecule has 0 heterocycles. The molecule has 0 aliphatic rings. The van der Waals surface area contributed by atoms with Crippen molar-refractivity contribution in [2.45, 2.75) is 0 Å². The Hall–Kier alpha value is -2.40. The Balaban J connectivity index is 2.05. The third-order valence-corrected chi connectivity index (χ3v) is 3.46. The molecule has 0 fully saturated rings. The second-order valence-corrected chi connectivity index (χ2v) is 5.28. The molecular formula is C17H14BrNO3. The van der Waals surface area contributed by atoms with Crippen LogP contribution in [0.1, 0.15) is 15.9 Å².